The smallest absolute Gasteiger partial charge is 0.414 e. The van der Waals surface area contributed by atoms with Gasteiger partial charge in [0.25, 0.3) is 0 Å². The van der Waals surface area contributed by atoms with Gasteiger partial charge in [-0.15, -0.1) is 0 Å². The highest BCUT2D eigenvalue weighted by Crippen LogP contribution is 2.17. The summed E-state index contributed by atoms with van der Waals surface area (Å²) in [5.74, 6) is -0.456. The minimum atomic E-state index is -0.571. The van der Waals surface area contributed by atoms with E-state index in [4.69, 9.17) is 9.47 Å². The van der Waals surface area contributed by atoms with Crippen LogP contribution >= 0.6 is 0 Å². The lowest BCUT2D eigenvalue weighted by Gasteiger charge is -2.27. The Morgan fingerprint density at radius 3 is 2.10 bits per heavy atom. The molecular weight excluding hydrogens is 258 g/mol. The maximum Gasteiger partial charge on any atom is 0.414 e. The van der Waals surface area contributed by atoms with Crippen LogP contribution < -0.4 is 0 Å². The topological polar surface area (TPSA) is 55.8 Å². The molecule has 0 fully saturated rings. The van der Waals surface area contributed by atoms with E-state index in [0.717, 1.165) is 0 Å². The first-order chi connectivity index (χ1) is 8.98. The highest BCUT2D eigenvalue weighted by atomic mass is 16.6. The fourth-order valence-corrected chi connectivity index (χ4v) is 1.46. The average molecular weight is 281 g/mol. The van der Waals surface area contributed by atoms with Gasteiger partial charge in [-0.05, 0) is 47.6 Å². The summed E-state index contributed by atoms with van der Waals surface area (Å²) in [5, 5.41) is 0. The lowest BCUT2D eigenvalue weighted by atomic mass is 10.1. The number of hydrogen-bond acceptors (Lipinski definition) is 4. The Hall–Kier alpha value is -1.78. The van der Waals surface area contributed by atoms with Crippen molar-refractivity contribution >= 4 is 12.1 Å². The molecule has 5 heteroatoms. The molecule has 0 saturated carbocycles. The second kappa shape index (κ2) is 5.69. The van der Waals surface area contributed by atoms with Gasteiger partial charge in [0.15, 0.2) is 0 Å². The van der Waals surface area contributed by atoms with E-state index < -0.39 is 23.3 Å². The van der Waals surface area contributed by atoms with E-state index in [2.05, 4.69) is 0 Å². The fraction of sp³-hybridized carbons (Fsp3) is 0.600. The first-order valence-corrected chi connectivity index (χ1v) is 6.59. The third-order valence-electron chi connectivity index (χ3n) is 2.16. The van der Waals surface area contributed by atoms with E-state index in [9.17, 15) is 9.59 Å². The summed E-state index contributed by atoms with van der Waals surface area (Å²) >= 11 is 0. The van der Waals surface area contributed by atoms with Gasteiger partial charge in [-0.2, -0.15) is 0 Å². The molecule has 20 heavy (non-hydrogen) atoms. The van der Waals surface area contributed by atoms with Crippen LogP contribution in [-0.2, 0) is 14.3 Å². The molecule has 112 valence electrons. The summed E-state index contributed by atoms with van der Waals surface area (Å²) in [6.07, 6.45) is 4.35. The van der Waals surface area contributed by atoms with Crippen molar-refractivity contribution in [3.8, 4) is 0 Å². The number of carbonyl (C=O) groups excluding carboxylic acids is 2. The summed E-state index contributed by atoms with van der Waals surface area (Å²) in [4.78, 5) is 25.2. The molecule has 0 aromatic heterocycles. The molecule has 1 aliphatic heterocycles. The molecule has 0 saturated heterocycles. The third-order valence-corrected chi connectivity index (χ3v) is 2.16. The van der Waals surface area contributed by atoms with Gasteiger partial charge in [-0.1, -0.05) is 6.08 Å². The monoisotopic (exact) mass is 281 g/mol. The second-order valence-electron chi connectivity index (χ2n) is 6.62. The first kappa shape index (κ1) is 16.3. The van der Waals surface area contributed by atoms with Gasteiger partial charge in [0.1, 0.15) is 11.2 Å². The summed E-state index contributed by atoms with van der Waals surface area (Å²) < 4.78 is 10.5. The highest BCUT2D eigenvalue weighted by molar-refractivity contribution is 5.92. The minimum absolute atomic E-state index is 0.331. The molecule has 0 N–H and O–H groups in total. The van der Waals surface area contributed by atoms with Gasteiger partial charge in [-0.25, -0.2) is 9.59 Å². The molecule has 0 aromatic carbocycles. The summed E-state index contributed by atoms with van der Waals surface area (Å²) in [5.41, 5.74) is -0.810. The summed E-state index contributed by atoms with van der Waals surface area (Å²) in [6, 6.07) is 0. The standard InChI is InChI=1S/C15H23NO4/c1-14(2,3)19-12(17)11-8-7-9-16(10-11)13(18)20-15(4,5)6/h7-8,10H,9H2,1-6H3. The molecule has 0 atom stereocenters. The van der Waals surface area contributed by atoms with Crippen LogP contribution in [0.4, 0.5) is 4.79 Å². The van der Waals surface area contributed by atoms with Crippen molar-refractivity contribution in [3.05, 3.63) is 23.9 Å². The van der Waals surface area contributed by atoms with Crippen molar-refractivity contribution in [3.63, 3.8) is 0 Å². The van der Waals surface area contributed by atoms with E-state index in [1.54, 1.807) is 53.7 Å². The van der Waals surface area contributed by atoms with Gasteiger partial charge in [0, 0.05) is 12.7 Å². The van der Waals surface area contributed by atoms with E-state index >= 15 is 0 Å². The van der Waals surface area contributed by atoms with E-state index in [-0.39, 0.29) is 0 Å². The SMILES string of the molecule is CC(C)(C)OC(=O)C1=CN(C(=O)OC(C)(C)C)CC=C1. The second-order valence-corrected chi connectivity index (χ2v) is 6.62. The van der Waals surface area contributed by atoms with Crippen molar-refractivity contribution in [1.29, 1.82) is 0 Å². The highest BCUT2D eigenvalue weighted by Gasteiger charge is 2.25. The lowest BCUT2D eigenvalue weighted by Crippen LogP contribution is -2.35. The first-order valence-electron chi connectivity index (χ1n) is 6.59. The van der Waals surface area contributed by atoms with Crippen LogP contribution in [-0.4, -0.2) is 34.7 Å². The largest absolute Gasteiger partial charge is 0.456 e. The van der Waals surface area contributed by atoms with Crippen LogP contribution in [0.1, 0.15) is 41.5 Å². The van der Waals surface area contributed by atoms with Crippen molar-refractivity contribution in [1.82, 2.24) is 4.90 Å². The molecule has 0 bridgehead atoms. The summed E-state index contributed by atoms with van der Waals surface area (Å²) in [6.45, 7) is 11.1. The van der Waals surface area contributed by atoms with Gasteiger partial charge < -0.3 is 9.47 Å². The van der Waals surface area contributed by atoms with Crippen LogP contribution in [0.15, 0.2) is 23.9 Å². The molecule has 0 spiro atoms. The molecule has 5 nitrogen and oxygen atoms in total. The van der Waals surface area contributed by atoms with Gasteiger partial charge >= 0.3 is 12.1 Å². The van der Waals surface area contributed by atoms with Gasteiger partial charge in [0.05, 0.1) is 5.57 Å². The van der Waals surface area contributed by atoms with Crippen molar-refractivity contribution in [2.75, 3.05) is 6.54 Å². The predicted molar refractivity (Wildman–Crippen MR) is 76.0 cm³/mol. The predicted octanol–water partition coefficient (Wildman–Crippen LogP) is 3.02. The molecule has 1 amide bonds. The van der Waals surface area contributed by atoms with Crippen LogP contribution in [0, 0.1) is 0 Å². The molecule has 1 aliphatic rings. The number of rotatable bonds is 1. The molecule has 0 radical (unpaired) electrons. The average Bonchev–Trinajstić information content (AvgIpc) is 2.24. The Morgan fingerprint density at radius 1 is 1.05 bits per heavy atom. The molecular formula is C15H23NO4. The number of ether oxygens (including phenoxy) is 2. The molecule has 0 unspecified atom stereocenters. The Kier molecular flexibility index (Phi) is 4.63. The van der Waals surface area contributed by atoms with Crippen LogP contribution in [0.3, 0.4) is 0 Å². The lowest BCUT2D eigenvalue weighted by molar-refractivity contribution is -0.149. The molecule has 0 aliphatic carbocycles. The molecule has 1 rings (SSSR count). The molecule has 1 heterocycles. The fourth-order valence-electron chi connectivity index (χ4n) is 1.46. The summed E-state index contributed by atoms with van der Waals surface area (Å²) in [7, 11) is 0. The number of esters is 1. The van der Waals surface area contributed by atoms with Crippen LogP contribution in [0.5, 0.6) is 0 Å². The Morgan fingerprint density at radius 2 is 1.60 bits per heavy atom. The number of amides is 1. The zero-order valence-electron chi connectivity index (χ0n) is 13.0. The third kappa shape index (κ3) is 5.47. The zero-order valence-corrected chi connectivity index (χ0v) is 13.0. The van der Waals surface area contributed by atoms with E-state index in [1.807, 2.05) is 0 Å². The van der Waals surface area contributed by atoms with Crippen molar-refractivity contribution < 1.29 is 19.1 Å². The normalized spacial score (nSPS) is 15.7. The van der Waals surface area contributed by atoms with E-state index in [1.165, 1.54) is 11.1 Å². The van der Waals surface area contributed by atoms with Gasteiger partial charge in [-0.3, -0.25) is 4.90 Å². The number of nitrogens with zero attached hydrogens (tertiary/aromatic N) is 1. The Balaban J connectivity index is 2.77. The van der Waals surface area contributed by atoms with Crippen LogP contribution in [0.25, 0.3) is 0 Å². The number of hydrogen-bond donors (Lipinski definition) is 0. The van der Waals surface area contributed by atoms with E-state index in [0.29, 0.717) is 12.1 Å². The maximum atomic E-state index is 11.9. The Bertz CT molecular complexity index is 449. The zero-order chi connectivity index (χ0) is 15.6. The quantitative estimate of drug-likeness (QED) is 0.693. The van der Waals surface area contributed by atoms with Crippen molar-refractivity contribution in [2.45, 2.75) is 52.7 Å². The molecule has 0 aromatic rings. The maximum absolute atomic E-state index is 11.9. The minimum Gasteiger partial charge on any atom is -0.456 e. The van der Waals surface area contributed by atoms with Crippen LogP contribution in [0.2, 0.25) is 0 Å². The van der Waals surface area contributed by atoms with Gasteiger partial charge in [0.2, 0.25) is 0 Å². The van der Waals surface area contributed by atoms with Crippen molar-refractivity contribution in [2.24, 2.45) is 0 Å². The number of carbonyl (C=O) groups is 2. The Labute approximate surface area is 120 Å².